The second-order valence-corrected chi connectivity index (χ2v) is 9.00. The predicted octanol–water partition coefficient (Wildman–Crippen LogP) is 5.30. The van der Waals surface area contributed by atoms with Gasteiger partial charge in [-0.3, -0.25) is 9.59 Å². The zero-order valence-corrected chi connectivity index (χ0v) is 20.5. The van der Waals surface area contributed by atoms with E-state index < -0.39 is 6.04 Å². The van der Waals surface area contributed by atoms with Crippen LogP contribution in [0.5, 0.6) is 0 Å². The molecule has 0 bridgehead atoms. The van der Waals surface area contributed by atoms with Crippen molar-refractivity contribution in [2.45, 2.75) is 31.6 Å². The maximum atomic E-state index is 12.6. The van der Waals surface area contributed by atoms with Crippen LogP contribution in [0.3, 0.4) is 0 Å². The van der Waals surface area contributed by atoms with Gasteiger partial charge in [0.1, 0.15) is 0 Å². The van der Waals surface area contributed by atoms with E-state index in [0.717, 1.165) is 5.56 Å². The average Bonchev–Trinajstić information content (AvgIpc) is 3.18. The van der Waals surface area contributed by atoms with Crippen molar-refractivity contribution in [3.63, 3.8) is 0 Å². The quantitative estimate of drug-likeness (QED) is 0.305. The molecule has 1 heterocycles. The molecule has 0 fully saturated rings. The number of carbonyl (C=O) groups is 2. The SMILES string of the molecule is C=CCn1c(SCC(=O)Nc2cc(Cl)ccc2C)nnc1[C@@H](C)NC(=O)c1ccccc1Cl. The Bertz CT molecular complexity index is 1180. The van der Waals surface area contributed by atoms with E-state index in [-0.39, 0.29) is 17.6 Å². The van der Waals surface area contributed by atoms with Crippen molar-refractivity contribution in [3.8, 4) is 0 Å². The number of carbonyl (C=O) groups excluding carboxylic acids is 2. The third-order valence-electron chi connectivity index (χ3n) is 4.72. The number of aromatic nitrogens is 3. The highest BCUT2D eigenvalue weighted by Crippen LogP contribution is 2.24. The lowest BCUT2D eigenvalue weighted by Crippen LogP contribution is -2.29. The molecule has 1 atom stereocenters. The average molecular weight is 504 g/mol. The first kappa shape index (κ1) is 24.8. The molecule has 2 N–H and O–H groups in total. The summed E-state index contributed by atoms with van der Waals surface area (Å²) in [5.41, 5.74) is 1.96. The van der Waals surface area contributed by atoms with Gasteiger partial charge in [0.25, 0.3) is 5.91 Å². The second kappa shape index (κ2) is 11.4. The largest absolute Gasteiger partial charge is 0.342 e. The van der Waals surface area contributed by atoms with Gasteiger partial charge in [-0.25, -0.2) is 0 Å². The highest BCUT2D eigenvalue weighted by molar-refractivity contribution is 7.99. The van der Waals surface area contributed by atoms with Crippen molar-refractivity contribution in [1.29, 1.82) is 0 Å². The molecule has 1 aromatic heterocycles. The first-order valence-corrected chi connectivity index (χ1v) is 11.8. The number of amides is 2. The number of rotatable bonds is 9. The van der Waals surface area contributed by atoms with Crippen LogP contribution in [0.25, 0.3) is 0 Å². The first-order chi connectivity index (χ1) is 15.8. The zero-order chi connectivity index (χ0) is 24.0. The predicted molar refractivity (Wildman–Crippen MR) is 133 cm³/mol. The second-order valence-electron chi connectivity index (χ2n) is 7.21. The van der Waals surface area contributed by atoms with Crippen LogP contribution in [0.15, 0.2) is 60.3 Å². The highest BCUT2D eigenvalue weighted by atomic mass is 35.5. The normalized spacial score (nSPS) is 11.6. The van der Waals surface area contributed by atoms with E-state index >= 15 is 0 Å². The molecule has 0 unspecified atom stereocenters. The Hall–Kier alpha value is -2.81. The lowest BCUT2D eigenvalue weighted by atomic mass is 10.2. The summed E-state index contributed by atoms with van der Waals surface area (Å²) in [6, 6.07) is 11.7. The van der Waals surface area contributed by atoms with Crippen molar-refractivity contribution in [2.75, 3.05) is 11.1 Å². The van der Waals surface area contributed by atoms with Gasteiger partial charge < -0.3 is 15.2 Å². The van der Waals surface area contributed by atoms with Crippen molar-refractivity contribution in [1.82, 2.24) is 20.1 Å². The Labute approximate surface area is 206 Å². The third kappa shape index (κ3) is 6.37. The zero-order valence-electron chi connectivity index (χ0n) is 18.1. The standard InChI is InChI=1S/C23H23Cl2N5O2S/c1-4-11-30-21(15(3)26-22(32)17-7-5-6-8-18(17)25)28-29-23(30)33-13-20(31)27-19-12-16(24)10-9-14(19)2/h4-10,12,15H,1,11,13H2,2-3H3,(H,26,32)(H,27,31)/t15-/m1/s1. The minimum Gasteiger partial charge on any atom is -0.342 e. The van der Waals surface area contributed by atoms with Crippen molar-refractivity contribution < 1.29 is 9.59 Å². The van der Waals surface area contributed by atoms with Crippen LogP contribution in [-0.4, -0.2) is 32.3 Å². The van der Waals surface area contributed by atoms with E-state index in [4.69, 9.17) is 23.2 Å². The van der Waals surface area contributed by atoms with E-state index in [0.29, 0.717) is 38.8 Å². The Morgan fingerprint density at radius 3 is 2.70 bits per heavy atom. The van der Waals surface area contributed by atoms with Gasteiger partial charge in [0.2, 0.25) is 5.91 Å². The number of nitrogens with zero attached hydrogens (tertiary/aromatic N) is 3. The summed E-state index contributed by atoms with van der Waals surface area (Å²) in [6.07, 6.45) is 1.70. The molecule has 0 saturated carbocycles. The van der Waals surface area contributed by atoms with E-state index in [9.17, 15) is 9.59 Å². The molecule has 10 heteroatoms. The van der Waals surface area contributed by atoms with Gasteiger partial charge in [-0.1, -0.05) is 59.2 Å². The molecule has 0 aliphatic rings. The van der Waals surface area contributed by atoms with Gasteiger partial charge in [0, 0.05) is 17.3 Å². The minimum atomic E-state index is -0.446. The van der Waals surface area contributed by atoms with Crippen LogP contribution in [-0.2, 0) is 11.3 Å². The monoisotopic (exact) mass is 503 g/mol. The lowest BCUT2D eigenvalue weighted by Gasteiger charge is -2.15. The third-order valence-corrected chi connectivity index (χ3v) is 6.25. The van der Waals surface area contributed by atoms with E-state index in [1.807, 2.05) is 17.6 Å². The van der Waals surface area contributed by atoms with Crippen LogP contribution >= 0.6 is 35.0 Å². The minimum absolute atomic E-state index is 0.127. The van der Waals surface area contributed by atoms with Gasteiger partial charge in [-0.15, -0.1) is 16.8 Å². The maximum absolute atomic E-state index is 12.6. The van der Waals surface area contributed by atoms with E-state index in [2.05, 4.69) is 27.4 Å². The molecule has 0 aliphatic carbocycles. The molecule has 0 saturated heterocycles. The number of halogens is 2. The van der Waals surface area contributed by atoms with Crippen molar-refractivity contribution >= 4 is 52.5 Å². The molecule has 3 aromatic rings. The molecule has 33 heavy (non-hydrogen) atoms. The number of nitrogens with one attached hydrogen (secondary N) is 2. The number of allylic oxidation sites excluding steroid dienone is 1. The number of thioether (sulfide) groups is 1. The Morgan fingerprint density at radius 1 is 1.21 bits per heavy atom. The van der Waals surface area contributed by atoms with Crippen LogP contribution in [0, 0.1) is 6.92 Å². The Morgan fingerprint density at radius 2 is 1.97 bits per heavy atom. The summed E-state index contributed by atoms with van der Waals surface area (Å²) in [7, 11) is 0. The van der Waals surface area contributed by atoms with Crippen LogP contribution in [0.2, 0.25) is 10.0 Å². The van der Waals surface area contributed by atoms with Crippen LogP contribution < -0.4 is 10.6 Å². The highest BCUT2D eigenvalue weighted by Gasteiger charge is 2.21. The Kier molecular flexibility index (Phi) is 8.55. The summed E-state index contributed by atoms with van der Waals surface area (Å²) in [6.45, 7) is 7.91. The number of aryl methyl sites for hydroxylation is 1. The molecule has 3 rings (SSSR count). The van der Waals surface area contributed by atoms with E-state index in [1.54, 1.807) is 49.4 Å². The molecule has 0 aliphatic heterocycles. The molecule has 2 amide bonds. The molecule has 7 nitrogen and oxygen atoms in total. The fourth-order valence-electron chi connectivity index (χ4n) is 3.06. The lowest BCUT2D eigenvalue weighted by molar-refractivity contribution is -0.113. The maximum Gasteiger partial charge on any atom is 0.253 e. The number of benzene rings is 2. The van der Waals surface area contributed by atoms with Gasteiger partial charge in [0.15, 0.2) is 11.0 Å². The van der Waals surface area contributed by atoms with Crippen LogP contribution in [0.4, 0.5) is 5.69 Å². The summed E-state index contributed by atoms with van der Waals surface area (Å²) in [5, 5.41) is 15.7. The topological polar surface area (TPSA) is 88.9 Å². The van der Waals surface area contributed by atoms with E-state index in [1.165, 1.54) is 11.8 Å². The summed E-state index contributed by atoms with van der Waals surface area (Å²) >= 11 is 13.4. The summed E-state index contributed by atoms with van der Waals surface area (Å²) < 4.78 is 1.81. The molecule has 0 spiro atoms. The van der Waals surface area contributed by atoms with Gasteiger partial charge in [-0.2, -0.15) is 0 Å². The van der Waals surface area contributed by atoms with Gasteiger partial charge in [-0.05, 0) is 43.7 Å². The fourth-order valence-corrected chi connectivity index (χ4v) is 4.21. The number of hydrogen-bond acceptors (Lipinski definition) is 5. The molecule has 0 radical (unpaired) electrons. The number of anilines is 1. The fraction of sp³-hybridized carbons (Fsp3) is 0.217. The van der Waals surface area contributed by atoms with Crippen LogP contribution in [0.1, 0.15) is 34.7 Å². The number of hydrogen-bond donors (Lipinski definition) is 2. The summed E-state index contributed by atoms with van der Waals surface area (Å²) in [5.74, 6) is 0.164. The van der Waals surface area contributed by atoms with Gasteiger partial charge in [0.05, 0.1) is 22.4 Å². The first-order valence-electron chi connectivity index (χ1n) is 10.1. The van der Waals surface area contributed by atoms with Gasteiger partial charge >= 0.3 is 0 Å². The smallest absolute Gasteiger partial charge is 0.253 e. The summed E-state index contributed by atoms with van der Waals surface area (Å²) in [4.78, 5) is 25.1. The Balaban J connectivity index is 1.69. The molecule has 172 valence electrons. The van der Waals surface area contributed by atoms with Crippen molar-refractivity contribution in [3.05, 3.63) is 82.1 Å². The van der Waals surface area contributed by atoms with Crippen molar-refractivity contribution in [2.24, 2.45) is 0 Å². The molecule has 2 aromatic carbocycles. The molecular formula is C23H23Cl2N5O2S. The molecular weight excluding hydrogens is 481 g/mol.